The van der Waals surface area contributed by atoms with Gasteiger partial charge in [-0.05, 0) is 36.8 Å². The van der Waals surface area contributed by atoms with Gasteiger partial charge in [0.05, 0.1) is 19.8 Å². The molecular formula is C20H21N3O4S. The average molecular weight is 399 g/mol. The molecule has 2 aromatic carbocycles. The van der Waals surface area contributed by atoms with Gasteiger partial charge in [0.1, 0.15) is 11.5 Å². The third-order valence-electron chi connectivity index (χ3n) is 4.18. The van der Waals surface area contributed by atoms with Gasteiger partial charge >= 0.3 is 5.97 Å². The van der Waals surface area contributed by atoms with Crippen LogP contribution in [-0.4, -0.2) is 40.1 Å². The second kappa shape index (κ2) is 8.79. The van der Waals surface area contributed by atoms with Crippen molar-refractivity contribution in [1.82, 2.24) is 14.8 Å². The number of hydrogen-bond donors (Lipinski definition) is 1. The van der Waals surface area contributed by atoms with Gasteiger partial charge in [0, 0.05) is 23.9 Å². The highest BCUT2D eigenvalue weighted by Crippen LogP contribution is 2.31. The van der Waals surface area contributed by atoms with Crippen molar-refractivity contribution in [2.75, 3.05) is 14.2 Å². The molecule has 3 rings (SSSR count). The predicted octanol–water partition coefficient (Wildman–Crippen LogP) is 3.97. The van der Waals surface area contributed by atoms with Crippen molar-refractivity contribution in [3.05, 3.63) is 53.6 Å². The van der Waals surface area contributed by atoms with Crippen molar-refractivity contribution in [2.45, 2.75) is 24.4 Å². The maximum atomic E-state index is 11.1. The molecule has 3 aromatic rings. The molecule has 0 fully saturated rings. The molecule has 0 spiro atoms. The van der Waals surface area contributed by atoms with E-state index in [0.717, 1.165) is 22.1 Å². The Hall–Kier alpha value is -3.00. The Labute approximate surface area is 167 Å². The fourth-order valence-corrected chi connectivity index (χ4v) is 3.72. The zero-order chi connectivity index (χ0) is 20.1. The summed E-state index contributed by atoms with van der Waals surface area (Å²) in [6.45, 7) is 2.72. The Bertz CT molecular complexity index is 965. The fourth-order valence-electron chi connectivity index (χ4n) is 2.77. The van der Waals surface area contributed by atoms with Gasteiger partial charge in [-0.3, -0.25) is 0 Å². The lowest BCUT2D eigenvalue weighted by atomic mass is 10.1. The molecule has 0 unspecified atom stereocenters. The lowest BCUT2D eigenvalue weighted by Crippen LogP contribution is -2.01. The Morgan fingerprint density at radius 2 is 1.82 bits per heavy atom. The zero-order valence-corrected chi connectivity index (χ0v) is 16.7. The minimum absolute atomic E-state index is 0.277. The molecule has 0 aliphatic carbocycles. The number of methoxy groups -OCH3 is 2. The van der Waals surface area contributed by atoms with Crippen molar-refractivity contribution in [2.24, 2.45) is 0 Å². The van der Waals surface area contributed by atoms with Gasteiger partial charge in [-0.1, -0.05) is 23.9 Å². The first-order valence-corrected chi connectivity index (χ1v) is 9.66. The summed E-state index contributed by atoms with van der Waals surface area (Å²) in [5.41, 5.74) is 2.05. The van der Waals surface area contributed by atoms with Crippen LogP contribution in [0.15, 0.2) is 47.6 Å². The van der Waals surface area contributed by atoms with E-state index in [0.29, 0.717) is 23.8 Å². The van der Waals surface area contributed by atoms with Crippen LogP contribution < -0.4 is 9.47 Å². The van der Waals surface area contributed by atoms with Gasteiger partial charge in [-0.25, -0.2) is 4.79 Å². The minimum Gasteiger partial charge on any atom is -0.497 e. The first-order valence-electron chi connectivity index (χ1n) is 8.67. The lowest BCUT2D eigenvalue weighted by molar-refractivity contribution is 0.0696. The van der Waals surface area contributed by atoms with Crippen LogP contribution in [0.2, 0.25) is 0 Å². The quantitative estimate of drug-likeness (QED) is 0.574. The number of rotatable bonds is 8. The van der Waals surface area contributed by atoms with Crippen LogP contribution in [0.1, 0.15) is 22.8 Å². The number of aromatic carboxylic acids is 1. The topological polar surface area (TPSA) is 86.5 Å². The summed E-state index contributed by atoms with van der Waals surface area (Å²) in [4.78, 5) is 11.1. The summed E-state index contributed by atoms with van der Waals surface area (Å²) in [6.07, 6.45) is 0. The maximum absolute atomic E-state index is 11.1. The Morgan fingerprint density at radius 3 is 2.43 bits per heavy atom. The smallest absolute Gasteiger partial charge is 0.335 e. The van der Waals surface area contributed by atoms with Gasteiger partial charge in [0.15, 0.2) is 11.0 Å². The van der Waals surface area contributed by atoms with Crippen molar-refractivity contribution in [3.8, 4) is 22.9 Å². The van der Waals surface area contributed by atoms with E-state index < -0.39 is 5.97 Å². The summed E-state index contributed by atoms with van der Waals surface area (Å²) >= 11 is 1.51. The summed E-state index contributed by atoms with van der Waals surface area (Å²) in [5, 5.41) is 18.6. The van der Waals surface area contributed by atoms with Gasteiger partial charge in [0.2, 0.25) is 0 Å². The summed E-state index contributed by atoms with van der Waals surface area (Å²) in [5.74, 6) is 1.75. The highest BCUT2D eigenvalue weighted by molar-refractivity contribution is 7.98. The SMILES string of the molecule is CCn1c(SCc2cccc(C(=O)O)c2)nnc1-c1cc(OC)cc(OC)c1. The third-order valence-corrected chi connectivity index (χ3v) is 5.22. The van der Waals surface area contributed by atoms with E-state index in [1.807, 2.05) is 29.7 Å². The first-order chi connectivity index (χ1) is 13.5. The molecule has 146 valence electrons. The Balaban J connectivity index is 1.86. The molecule has 7 nitrogen and oxygen atoms in total. The van der Waals surface area contributed by atoms with Gasteiger partial charge in [0.25, 0.3) is 0 Å². The Morgan fingerprint density at radius 1 is 1.11 bits per heavy atom. The van der Waals surface area contributed by atoms with E-state index in [1.165, 1.54) is 11.8 Å². The number of aromatic nitrogens is 3. The van der Waals surface area contributed by atoms with Gasteiger partial charge in [-0.15, -0.1) is 10.2 Å². The van der Waals surface area contributed by atoms with Crippen LogP contribution in [0.25, 0.3) is 11.4 Å². The second-order valence-corrected chi connectivity index (χ2v) is 6.89. The maximum Gasteiger partial charge on any atom is 0.335 e. The number of thioether (sulfide) groups is 1. The summed E-state index contributed by atoms with van der Waals surface area (Å²) < 4.78 is 12.7. The molecule has 0 atom stereocenters. The highest BCUT2D eigenvalue weighted by Gasteiger charge is 2.15. The number of carbonyl (C=O) groups is 1. The summed E-state index contributed by atoms with van der Waals surface area (Å²) in [6, 6.07) is 12.5. The molecule has 8 heteroatoms. The number of carboxylic acid groups (broad SMARTS) is 1. The number of nitrogens with zero attached hydrogens (tertiary/aromatic N) is 3. The van der Waals surface area contributed by atoms with Crippen molar-refractivity contribution in [3.63, 3.8) is 0 Å². The highest BCUT2D eigenvalue weighted by atomic mass is 32.2. The molecule has 0 saturated carbocycles. The molecule has 1 N–H and O–H groups in total. The van der Waals surface area contributed by atoms with Crippen LogP contribution in [0, 0.1) is 0 Å². The number of ether oxygens (including phenoxy) is 2. The van der Waals surface area contributed by atoms with E-state index in [-0.39, 0.29) is 5.56 Å². The van der Waals surface area contributed by atoms with E-state index in [1.54, 1.807) is 38.5 Å². The molecule has 28 heavy (non-hydrogen) atoms. The van der Waals surface area contributed by atoms with E-state index in [2.05, 4.69) is 10.2 Å². The molecule has 0 saturated heterocycles. The average Bonchev–Trinajstić information content (AvgIpc) is 3.14. The molecule has 1 aromatic heterocycles. The van der Waals surface area contributed by atoms with Crippen LogP contribution in [0.5, 0.6) is 11.5 Å². The van der Waals surface area contributed by atoms with Crippen LogP contribution >= 0.6 is 11.8 Å². The lowest BCUT2D eigenvalue weighted by Gasteiger charge is -2.10. The third kappa shape index (κ3) is 4.28. The number of carboxylic acids is 1. The van der Waals surface area contributed by atoms with Crippen LogP contribution in [0.3, 0.4) is 0 Å². The molecule has 1 heterocycles. The monoisotopic (exact) mass is 399 g/mol. The zero-order valence-electron chi connectivity index (χ0n) is 15.9. The molecule has 0 aliphatic heterocycles. The normalized spacial score (nSPS) is 10.7. The number of hydrogen-bond acceptors (Lipinski definition) is 6. The van der Waals surface area contributed by atoms with E-state index >= 15 is 0 Å². The fraction of sp³-hybridized carbons (Fsp3) is 0.250. The molecule has 0 radical (unpaired) electrons. The van der Waals surface area contributed by atoms with Crippen molar-refractivity contribution >= 4 is 17.7 Å². The molecule has 0 bridgehead atoms. The molecule has 0 amide bonds. The largest absolute Gasteiger partial charge is 0.497 e. The van der Waals surface area contributed by atoms with Crippen LogP contribution in [0.4, 0.5) is 0 Å². The summed E-state index contributed by atoms with van der Waals surface area (Å²) in [7, 11) is 3.21. The molecule has 0 aliphatic rings. The van der Waals surface area contributed by atoms with E-state index in [9.17, 15) is 4.79 Å². The predicted molar refractivity (Wildman–Crippen MR) is 107 cm³/mol. The van der Waals surface area contributed by atoms with E-state index in [4.69, 9.17) is 14.6 Å². The van der Waals surface area contributed by atoms with Gasteiger partial charge < -0.3 is 19.1 Å². The standard InChI is InChI=1S/C20H21N3O4S/c1-4-23-18(15-9-16(26-2)11-17(10-15)27-3)21-22-20(23)28-12-13-6-5-7-14(8-13)19(24)25/h5-11H,4,12H2,1-3H3,(H,24,25). The minimum atomic E-state index is -0.933. The second-order valence-electron chi connectivity index (χ2n) is 5.95. The van der Waals surface area contributed by atoms with Crippen LogP contribution in [-0.2, 0) is 12.3 Å². The van der Waals surface area contributed by atoms with Crippen molar-refractivity contribution < 1.29 is 19.4 Å². The Kier molecular flexibility index (Phi) is 6.20. The number of benzene rings is 2. The van der Waals surface area contributed by atoms with Gasteiger partial charge in [-0.2, -0.15) is 0 Å². The van der Waals surface area contributed by atoms with Crippen molar-refractivity contribution in [1.29, 1.82) is 0 Å². The molecular weight excluding hydrogens is 378 g/mol. The first kappa shape index (κ1) is 19.8.